The van der Waals surface area contributed by atoms with E-state index in [1.165, 1.54) is 0 Å². The highest BCUT2D eigenvalue weighted by molar-refractivity contribution is 5.28. The predicted molar refractivity (Wildman–Crippen MR) is 74.5 cm³/mol. The van der Waals surface area contributed by atoms with E-state index < -0.39 is 6.10 Å². The first-order valence-corrected chi connectivity index (χ1v) is 6.70. The van der Waals surface area contributed by atoms with Crippen LogP contribution in [0.25, 0.3) is 0 Å². The highest BCUT2D eigenvalue weighted by Crippen LogP contribution is 2.21. The van der Waals surface area contributed by atoms with Crippen LogP contribution >= 0.6 is 0 Å². The van der Waals surface area contributed by atoms with E-state index in [-0.39, 0.29) is 6.10 Å². The average Bonchev–Trinajstić information content (AvgIpc) is 2.46. The van der Waals surface area contributed by atoms with Crippen molar-refractivity contribution in [3.05, 3.63) is 29.8 Å². The maximum absolute atomic E-state index is 10.1. The molecule has 2 unspecified atom stereocenters. The zero-order valence-electron chi connectivity index (χ0n) is 12.0. The quantitative estimate of drug-likeness (QED) is 0.699. The fourth-order valence-corrected chi connectivity index (χ4v) is 1.70. The van der Waals surface area contributed by atoms with Gasteiger partial charge in [0.05, 0.1) is 26.4 Å². The molecule has 0 saturated heterocycles. The van der Waals surface area contributed by atoms with Crippen LogP contribution in [0.5, 0.6) is 5.75 Å². The van der Waals surface area contributed by atoms with Gasteiger partial charge in [-0.1, -0.05) is 19.1 Å². The van der Waals surface area contributed by atoms with Gasteiger partial charge in [0.25, 0.3) is 0 Å². The third-order valence-electron chi connectivity index (χ3n) is 2.86. The Balaban J connectivity index is 2.36. The molecular formula is C15H24O4. The van der Waals surface area contributed by atoms with E-state index in [0.717, 1.165) is 24.3 Å². The van der Waals surface area contributed by atoms with Gasteiger partial charge in [-0.05, 0) is 31.0 Å². The van der Waals surface area contributed by atoms with Crippen LogP contribution in [-0.2, 0) is 9.47 Å². The molecule has 0 bridgehead atoms. The summed E-state index contributed by atoms with van der Waals surface area (Å²) >= 11 is 0. The minimum atomic E-state index is -0.642. The zero-order chi connectivity index (χ0) is 14.1. The summed E-state index contributed by atoms with van der Waals surface area (Å²) in [6.45, 7) is 5.73. The van der Waals surface area contributed by atoms with E-state index in [9.17, 15) is 5.11 Å². The lowest BCUT2D eigenvalue weighted by atomic mass is 10.1. The molecule has 2 atom stereocenters. The lowest BCUT2D eigenvalue weighted by Gasteiger charge is -2.20. The number of benzene rings is 1. The molecular weight excluding hydrogens is 244 g/mol. The van der Waals surface area contributed by atoms with Gasteiger partial charge in [-0.2, -0.15) is 0 Å². The molecule has 0 saturated carbocycles. The molecule has 108 valence electrons. The summed E-state index contributed by atoms with van der Waals surface area (Å²) in [7, 11) is 1.62. The number of aliphatic hydroxyl groups excluding tert-OH is 1. The minimum absolute atomic E-state index is 0.265. The van der Waals surface area contributed by atoms with Gasteiger partial charge in [0.1, 0.15) is 11.9 Å². The number of ether oxygens (including phenoxy) is 3. The summed E-state index contributed by atoms with van der Waals surface area (Å²) in [5.74, 6) is 0.775. The largest absolute Gasteiger partial charge is 0.497 e. The number of hydrogen-bond donors (Lipinski definition) is 1. The van der Waals surface area contributed by atoms with Gasteiger partial charge in [-0.3, -0.25) is 0 Å². The molecule has 0 aromatic heterocycles. The maximum atomic E-state index is 10.1. The number of aliphatic hydroxyl groups is 1. The van der Waals surface area contributed by atoms with Crippen molar-refractivity contribution in [2.45, 2.75) is 32.5 Å². The molecule has 0 spiro atoms. The lowest BCUT2D eigenvalue weighted by Crippen LogP contribution is -2.21. The van der Waals surface area contributed by atoms with Crippen molar-refractivity contribution in [2.24, 2.45) is 0 Å². The third kappa shape index (κ3) is 5.59. The van der Waals surface area contributed by atoms with Crippen LogP contribution in [0.15, 0.2) is 24.3 Å². The standard InChI is InChI=1S/C15H24O4/c1-4-9-18-10-11-19-12(2)15(16)13-5-7-14(17-3)8-6-13/h5-8,12,15-16H,4,9-11H2,1-3H3. The van der Waals surface area contributed by atoms with Crippen LogP contribution < -0.4 is 4.74 Å². The van der Waals surface area contributed by atoms with Gasteiger partial charge < -0.3 is 19.3 Å². The van der Waals surface area contributed by atoms with Crippen molar-refractivity contribution in [2.75, 3.05) is 26.9 Å². The lowest BCUT2D eigenvalue weighted by molar-refractivity contribution is -0.0481. The number of hydrogen-bond acceptors (Lipinski definition) is 4. The highest BCUT2D eigenvalue weighted by atomic mass is 16.5. The molecule has 4 heteroatoms. The molecule has 1 N–H and O–H groups in total. The molecule has 0 aliphatic rings. The Kier molecular flexibility index (Phi) is 7.48. The summed E-state index contributed by atoms with van der Waals surface area (Å²) in [6.07, 6.45) is 0.0972. The molecule has 1 aromatic rings. The van der Waals surface area contributed by atoms with E-state index in [2.05, 4.69) is 6.92 Å². The Labute approximate surface area is 115 Å². The molecule has 0 amide bonds. The second-order valence-corrected chi connectivity index (χ2v) is 4.41. The molecule has 4 nitrogen and oxygen atoms in total. The first-order valence-electron chi connectivity index (χ1n) is 6.70. The second kappa shape index (κ2) is 8.91. The van der Waals surface area contributed by atoms with Crippen LogP contribution in [0.2, 0.25) is 0 Å². The zero-order valence-corrected chi connectivity index (χ0v) is 12.0. The van der Waals surface area contributed by atoms with Crippen LogP contribution in [0.4, 0.5) is 0 Å². The predicted octanol–water partition coefficient (Wildman–Crippen LogP) is 2.56. The van der Waals surface area contributed by atoms with Gasteiger partial charge in [0, 0.05) is 6.61 Å². The fraction of sp³-hybridized carbons (Fsp3) is 0.600. The molecule has 1 aromatic carbocycles. The minimum Gasteiger partial charge on any atom is -0.497 e. The Bertz CT molecular complexity index is 337. The van der Waals surface area contributed by atoms with E-state index in [0.29, 0.717) is 13.2 Å². The summed E-state index contributed by atoms with van der Waals surface area (Å²) in [6, 6.07) is 7.35. The van der Waals surface area contributed by atoms with Gasteiger partial charge in [0.15, 0.2) is 0 Å². The smallest absolute Gasteiger partial charge is 0.118 e. The van der Waals surface area contributed by atoms with E-state index >= 15 is 0 Å². The Morgan fingerprint density at radius 1 is 1.11 bits per heavy atom. The molecule has 0 heterocycles. The van der Waals surface area contributed by atoms with Crippen LogP contribution in [0.3, 0.4) is 0 Å². The molecule has 0 aliphatic carbocycles. The normalized spacial score (nSPS) is 14.1. The SMILES string of the molecule is CCCOCCOC(C)C(O)c1ccc(OC)cc1. The Morgan fingerprint density at radius 2 is 1.79 bits per heavy atom. The van der Waals surface area contributed by atoms with Crippen molar-refractivity contribution >= 4 is 0 Å². The Hall–Kier alpha value is -1.10. The van der Waals surface area contributed by atoms with Crippen LogP contribution in [0, 0.1) is 0 Å². The van der Waals surface area contributed by atoms with Crippen LogP contribution in [-0.4, -0.2) is 38.1 Å². The molecule has 0 fully saturated rings. The summed E-state index contributed by atoms with van der Waals surface area (Å²) in [4.78, 5) is 0. The summed E-state index contributed by atoms with van der Waals surface area (Å²) in [5.41, 5.74) is 0.822. The van der Waals surface area contributed by atoms with Gasteiger partial charge in [-0.15, -0.1) is 0 Å². The maximum Gasteiger partial charge on any atom is 0.118 e. The van der Waals surface area contributed by atoms with Crippen molar-refractivity contribution in [1.29, 1.82) is 0 Å². The third-order valence-corrected chi connectivity index (χ3v) is 2.86. The van der Waals surface area contributed by atoms with E-state index in [4.69, 9.17) is 14.2 Å². The van der Waals surface area contributed by atoms with Crippen molar-refractivity contribution < 1.29 is 19.3 Å². The van der Waals surface area contributed by atoms with Gasteiger partial charge in [-0.25, -0.2) is 0 Å². The first-order chi connectivity index (χ1) is 9.19. The molecule has 1 rings (SSSR count). The van der Waals surface area contributed by atoms with Crippen molar-refractivity contribution in [1.82, 2.24) is 0 Å². The Morgan fingerprint density at radius 3 is 2.37 bits per heavy atom. The average molecular weight is 268 g/mol. The number of methoxy groups -OCH3 is 1. The molecule has 19 heavy (non-hydrogen) atoms. The topological polar surface area (TPSA) is 47.9 Å². The second-order valence-electron chi connectivity index (χ2n) is 4.41. The summed E-state index contributed by atoms with van der Waals surface area (Å²) < 4.78 is 16.0. The van der Waals surface area contributed by atoms with E-state index in [1.807, 2.05) is 31.2 Å². The highest BCUT2D eigenvalue weighted by Gasteiger charge is 2.16. The first kappa shape index (κ1) is 16.0. The monoisotopic (exact) mass is 268 g/mol. The van der Waals surface area contributed by atoms with Gasteiger partial charge in [0.2, 0.25) is 0 Å². The molecule has 0 radical (unpaired) electrons. The molecule has 0 aliphatic heterocycles. The van der Waals surface area contributed by atoms with Gasteiger partial charge >= 0.3 is 0 Å². The summed E-state index contributed by atoms with van der Waals surface area (Å²) in [5, 5.41) is 10.1. The van der Waals surface area contributed by atoms with Crippen molar-refractivity contribution in [3.63, 3.8) is 0 Å². The van der Waals surface area contributed by atoms with Crippen LogP contribution in [0.1, 0.15) is 31.9 Å². The fourth-order valence-electron chi connectivity index (χ4n) is 1.70. The number of rotatable bonds is 9. The van der Waals surface area contributed by atoms with E-state index in [1.54, 1.807) is 7.11 Å². The van der Waals surface area contributed by atoms with Crippen molar-refractivity contribution in [3.8, 4) is 5.75 Å².